The van der Waals surface area contributed by atoms with E-state index >= 15 is 0 Å². The topological polar surface area (TPSA) is 140 Å². The summed E-state index contributed by atoms with van der Waals surface area (Å²) in [4.78, 5) is 22.2. The van der Waals surface area contributed by atoms with Gasteiger partial charge in [-0.2, -0.15) is 0 Å². The van der Waals surface area contributed by atoms with Crippen LogP contribution < -0.4 is 21.5 Å². The molecule has 8 heteroatoms. The van der Waals surface area contributed by atoms with Crippen molar-refractivity contribution < 1.29 is 19.5 Å². The van der Waals surface area contributed by atoms with E-state index < -0.39 is 17.9 Å². The lowest BCUT2D eigenvalue weighted by molar-refractivity contribution is -0.128. The maximum absolute atomic E-state index is 11.4. The first-order valence-corrected chi connectivity index (χ1v) is 5.73. The first-order valence-electron chi connectivity index (χ1n) is 5.73. The summed E-state index contributed by atoms with van der Waals surface area (Å²) in [7, 11) is 0. The molecule has 6 N–H and O–H groups in total. The van der Waals surface area contributed by atoms with Gasteiger partial charge in [0, 0.05) is 5.56 Å². The summed E-state index contributed by atoms with van der Waals surface area (Å²) in [6.45, 7) is 1.23. The molecule has 0 heterocycles. The summed E-state index contributed by atoms with van der Waals surface area (Å²) in [6.07, 6.45) is 0. The lowest BCUT2D eigenvalue weighted by Crippen LogP contribution is -2.44. The Morgan fingerprint density at radius 1 is 1.35 bits per heavy atom. The van der Waals surface area contributed by atoms with Gasteiger partial charge in [-0.3, -0.25) is 9.59 Å². The minimum absolute atomic E-state index is 0.0235. The molecule has 1 rings (SSSR count). The number of hydrogen-bond acceptors (Lipinski definition) is 5. The molecule has 2 amide bonds. The zero-order valence-electron chi connectivity index (χ0n) is 10.9. The standard InChI is InChI=1S/C12H16N4O4/c1-7(12(14)18)15-10(17)6-20-9-4-2-8(3-5-9)11(13)16-19/h2-5,7,19H,6H2,1H3,(H2,13,16)(H2,14,18)(H,15,17). The molecular weight excluding hydrogens is 264 g/mol. The first kappa shape index (κ1) is 15.3. The van der Waals surface area contributed by atoms with E-state index in [4.69, 9.17) is 21.4 Å². The number of benzene rings is 1. The van der Waals surface area contributed by atoms with Gasteiger partial charge in [-0.05, 0) is 31.2 Å². The third-order valence-corrected chi connectivity index (χ3v) is 2.43. The zero-order valence-corrected chi connectivity index (χ0v) is 10.9. The number of primary amides is 1. The Bertz CT molecular complexity index is 513. The van der Waals surface area contributed by atoms with E-state index in [2.05, 4.69) is 10.5 Å². The Hall–Kier alpha value is -2.77. The number of carbonyl (C=O) groups is 2. The Labute approximate surface area is 115 Å². The molecule has 0 fully saturated rings. The van der Waals surface area contributed by atoms with Crippen molar-refractivity contribution >= 4 is 17.6 Å². The minimum Gasteiger partial charge on any atom is -0.484 e. The van der Waals surface area contributed by atoms with E-state index in [1.165, 1.54) is 6.92 Å². The number of rotatable bonds is 6. The number of hydrogen-bond donors (Lipinski definition) is 4. The molecule has 0 bridgehead atoms. The Kier molecular flexibility index (Phi) is 5.33. The van der Waals surface area contributed by atoms with Crippen LogP contribution in [0.5, 0.6) is 5.75 Å². The van der Waals surface area contributed by atoms with Gasteiger partial charge in [-0.1, -0.05) is 5.16 Å². The van der Waals surface area contributed by atoms with Gasteiger partial charge in [0.2, 0.25) is 5.91 Å². The van der Waals surface area contributed by atoms with Crippen LogP contribution in [0.2, 0.25) is 0 Å². The van der Waals surface area contributed by atoms with E-state index in [-0.39, 0.29) is 12.4 Å². The number of carbonyl (C=O) groups excluding carboxylic acids is 2. The van der Waals surface area contributed by atoms with Gasteiger partial charge >= 0.3 is 0 Å². The molecule has 0 aliphatic heterocycles. The van der Waals surface area contributed by atoms with E-state index in [0.29, 0.717) is 11.3 Å². The fraction of sp³-hybridized carbons (Fsp3) is 0.250. The highest BCUT2D eigenvalue weighted by atomic mass is 16.5. The van der Waals surface area contributed by atoms with Crippen LogP contribution in [0, 0.1) is 0 Å². The number of ether oxygens (including phenoxy) is 1. The normalized spacial score (nSPS) is 12.6. The van der Waals surface area contributed by atoms with Gasteiger partial charge in [0.1, 0.15) is 11.8 Å². The second-order valence-electron chi connectivity index (χ2n) is 3.99. The van der Waals surface area contributed by atoms with Crippen molar-refractivity contribution in [3.63, 3.8) is 0 Å². The minimum atomic E-state index is -0.756. The van der Waals surface area contributed by atoms with Gasteiger partial charge in [0.25, 0.3) is 5.91 Å². The fourth-order valence-corrected chi connectivity index (χ4v) is 1.28. The summed E-state index contributed by atoms with van der Waals surface area (Å²) in [5, 5.41) is 13.7. The van der Waals surface area contributed by atoms with Crippen LogP contribution in [0.1, 0.15) is 12.5 Å². The monoisotopic (exact) mass is 280 g/mol. The largest absolute Gasteiger partial charge is 0.484 e. The SMILES string of the molecule is CC(NC(=O)COc1ccc(/C(N)=N/O)cc1)C(N)=O. The van der Waals surface area contributed by atoms with Crippen molar-refractivity contribution in [2.24, 2.45) is 16.6 Å². The summed E-state index contributed by atoms with van der Waals surface area (Å²) in [6, 6.07) is 5.54. The van der Waals surface area contributed by atoms with Crippen molar-refractivity contribution in [1.29, 1.82) is 0 Å². The molecule has 1 aromatic carbocycles. The van der Waals surface area contributed by atoms with Crippen molar-refractivity contribution in [2.45, 2.75) is 13.0 Å². The van der Waals surface area contributed by atoms with E-state index in [1.54, 1.807) is 24.3 Å². The Morgan fingerprint density at radius 2 is 1.95 bits per heavy atom. The molecule has 20 heavy (non-hydrogen) atoms. The maximum Gasteiger partial charge on any atom is 0.258 e. The third-order valence-electron chi connectivity index (χ3n) is 2.43. The van der Waals surface area contributed by atoms with Crippen molar-refractivity contribution in [2.75, 3.05) is 6.61 Å². The number of amidine groups is 1. The highest BCUT2D eigenvalue weighted by Gasteiger charge is 2.12. The second kappa shape index (κ2) is 6.98. The highest BCUT2D eigenvalue weighted by molar-refractivity contribution is 5.97. The predicted molar refractivity (Wildman–Crippen MR) is 71.2 cm³/mol. The smallest absolute Gasteiger partial charge is 0.258 e. The molecule has 108 valence electrons. The van der Waals surface area contributed by atoms with Crippen LogP contribution in [-0.2, 0) is 9.59 Å². The van der Waals surface area contributed by atoms with Crippen LogP contribution in [0.3, 0.4) is 0 Å². The highest BCUT2D eigenvalue weighted by Crippen LogP contribution is 2.11. The number of nitrogens with zero attached hydrogens (tertiary/aromatic N) is 1. The molecule has 1 atom stereocenters. The average molecular weight is 280 g/mol. The summed E-state index contributed by atoms with van der Waals surface area (Å²) < 4.78 is 5.21. The summed E-state index contributed by atoms with van der Waals surface area (Å²) in [5.41, 5.74) is 10.9. The quantitative estimate of drug-likeness (QED) is 0.232. The number of amides is 2. The molecule has 0 aliphatic carbocycles. The van der Waals surface area contributed by atoms with Crippen LogP contribution in [0.15, 0.2) is 29.4 Å². The molecule has 0 aromatic heterocycles. The van der Waals surface area contributed by atoms with E-state index in [1.807, 2.05) is 0 Å². The molecular formula is C12H16N4O4. The molecule has 0 saturated carbocycles. The van der Waals surface area contributed by atoms with Gasteiger partial charge in [-0.15, -0.1) is 0 Å². The number of nitrogens with two attached hydrogens (primary N) is 2. The van der Waals surface area contributed by atoms with Crippen molar-refractivity contribution in [3.05, 3.63) is 29.8 Å². The number of nitrogens with one attached hydrogen (secondary N) is 1. The van der Waals surface area contributed by atoms with Crippen LogP contribution >= 0.6 is 0 Å². The molecule has 1 aromatic rings. The van der Waals surface area contributed by atoms with Crippen LogP contribution in [0.4, 0.5) is 0 Å². The predicted octanol–water partition coefficient (Wildman–Crippen LogP) is -0.850. The van der Waals surface area contributed by atoms with Gasteiger partial charge in [-0.25, -0.2) is 0 Å². The molecule has 8 nitrogen and oxygen atoms in total. The Balaban J connectivity index is 2.50. The lowest BCUT2D eigenvalue weighted by Gasteiger charge is -2.11. The third kappa shape index (κ3) is 4.48. The van der Waals surface area contributed by atoms with Crippen molar-refractivity contribution in [3.8, 4) is 5.75 Å². The molecule has 0 aliphatic rings. The molecule has 0 radical (unpaired) electrons. The van der Waals surface area contributed by atoms with Gasteiger partial charge in [0.05, 0.1) is 0 Å². The van der Waals surface area contributed by atoms with E-state index in [0.717, 1.165) is 0 Å². The lowest BCUT2D eigenvalue weighted by atomic mass is 10.2. The van der Waals surface area contributed by atoms with Crippen LogP contribution in [-0.4, -0.2) is 35.5 Å². The zero-order chi connectivity index (χ0) is 15.1. The molecule has 1 unspecified atom stereocenters. The molecule has 0 spiro atoms. The first-order chi connectivity index (χ1) is 9.43. The summed E-state index contributed by atoms with van der Waals surface area (Å²) in [5.74, 6) is -0.677. The van der Waals surface area contributed by atoms with Gasteiger partial charge in [0.15, 0.2) is 12.4 Å². The average Bonchev–Trinajstić information content (AvgIpc) is 2.44. The fourth-order valence-electron chi connectivity index (χ4n) is 1.28. The number of oxime groups is 1. The molecule has 0 saturated heterocycles. The van der Waals surface area contributed by atoms with Crippen LogP contribution in [0.25, 0.3) is 0 Å². The maximum atomic E-state index is 11.4. The van der Waals surface area contributed by atoms with E-state index in [9.17, 15) is 9.59 Å². The summed E-state index contributed by atoms with van der Waals surface area (Å²) >= 11 is 0. The second-order valence-corrected chi connectivity index (χ2v) is 3.99. The van der Waals surface area contributed by atoms with Crippen molar-refractivity contribution in [1.82, 2.24) is 5.32 Å². The van der Waals surface area contributed by atoms with Gasteiger partial charge < -0.3 is 26.7 Å². The Morgan fingerprint density at radius 3 is 2.45 bits per heavy atom.